The molecule has 4 nitrogen and oxygen atoms in total. The van der Waals surface area contributed by atoms with Crippen LogP contribution in [0.4, 0.5) is 4.39 Å². The van der Waals surface area contributed by atoms with E-state index >= 15 is 0 Å². The number of nitrogens with zero attached hydrogens (tertiary/aromatic N) is 1. The lowest BCUT2D eigenvalue weighted by atomic mass is 10.1. The summed E-state index contributed by atoms with van der Waals surface area (Å²) in [7, 11) is 1.80. The first kappa shape index (κ1) is 16.5. The molecule has 0 aliphatic heterocycles. The van der Waals surface area contributed by atoms with Crippen molar-refractivity contribution < 1.29 is 9.18 Å². The van der Waals surface area contributed by atoms with Crippen LogP contribution in [0.3, 0.4) is 0 Å². The lowest BCUT2D eigenvalue weighted by Crippen LogP contribution is -2.38. The number of nitrogens with two attached hydrogens (primary N) is 1. The highest BCUT2D eigenvalue weighted by Crippen LogP contribution is 2.11. The molecule has 3 N–H and O–H groups in total. The number of hydrogen-bond donors (Lipinski definition) is 2. The molecule has 0 saturated heterocycles. The molecule has 1 aromatic carbocycles. The first-order valence-electron chi connectivity index (χ1n) is 6.35. The number of thiocarbonyl (C=S) groups is 1. The molecule has 0 saturated carbocycles. The predicted octanol–water partition coefficient (Wildman–Crippen LogP) is 1.42. The number of rotatable bonds is 6. The van der Waals surface area contributed by atoms with E-state index in [1.807, 2.05) is 13.8 Å². The number of amides is 1. The summed E-state index contributed by atoms with van der Waals surface area (Å²) < 4.78 is 13.5. The van der Waals surface area contributed by atoms with Gasteiger partial charge in [-0.15, -0.1) is 0 Å². The Hall–Kier alpha value is -1.53. The van der Waals surface area contributed by atoms with Crippen molar-refractivity contribution in [3.05, 3.63) is 35.1 Å². The van der Waals surface area contributed by atoms with Crippen LogP contribution in [-0.4, -0.2) is 35.4 Å². The summed E-state index contributed by atoms with van der Waals surface area (Å²) in [6, 6.07) is 4.56. The average Bonchev–Trinajstić information content (AvgIpc) is 2.25. The van der Waals surface area contributed by atoms with Gasteiger partial charge in [0, 0.05) is 18.2 Å². The normalized spacial score (nSPS) is 10.9. The largest absolute Gasteiger partial charge is 0.389 e. The number of carbonyl (C=O) groups excluding carboxylic acids is 1. The van der Waals surface area contributed by atoms with Gasteiger partial charge in [-0.05, 0) is 44.7 Å². The molecule has 0 fully saturated rings. The Morgan fingerprint density at radius 3 is 2.65 bits per heavy atom. The van der Waals surface area contributed by atoms with Crippen molar-refractivity contribution in [2.45, 2.75) is 26.4 Å². The number of likely N-dealkylation sites (N-methyl/N-ethyl adjacent to an activating group) is 1. The molecule has 0 unspecified atom stereocenters. The van der Waals surface area contributed by atoms with Gasteiger partial charge in [-0.2, -0.15) is 0 Å². The first-order chi connectivity index (χ1) is 9.27. The van der Waals surface area contributed by atoms with Gasteiger partial charge in [-0.25, -0.2) is 4.39 Å². The molecule has 0 bridgehead atoms. The van der Waals surface area contributed by atoms with Crippen LogP contribution in [0.15, 0.2) is 18.2 Å². The zero-order valence-electron chi connectivity index (χ0n) is 11.9. The van der Waals surface area contributed by atoms with Crippen molar-refractivity contribution in [2.24, 2.45) is 5.73 Å². The molecular formula is C14H20FN3OS. The van der Waals surface area contributed by atoms with Gasteiger partial charge in [0.2, 0.25) is 5.91 Å². The van der Waals surface area contributed by atoms with Gasteiger partial charge in [0.05, 0.1) is 6.54 Å². The standard InChI is InChI=1S/C14H20FN3OS/c1-9(2)17-13(19)8-18(3)7-10-4-11(14(16)20)6-12(15)5-10/h4-6,9H,7-8H2,1-3H3,(H2,16,20)(H,17,19). The van der Waals surface area contributed by atoms with Crippen LogP contribution in [0.25, 0.3) is 0 Å². The molecule has 20 heavy (non-hydrogen) atoms. The number of benzene rings is 1. The van der Waals surface area contributed by atoms with E-state index in [4.69, 9.17) is 18.0 Å². The van der Waals surface area contributed by atoms with Crippen LogP contribution in [0.1, 0.15) is 25.0 Å². The van der Waals surface area contributed by atoms with Crippen LogP contribution in [-0.2, 0) is 11.3 Å². The Kier molecular flexibility index (Phi) is 6.04. The van der Waals surface area contributed by atoms with E-state index in [1.165, 1.54) is 12.1 Å². The van der Waals surface area contributed by atoms with Gasteiger partial charge in [0.25, 0.3) is 0 Å². The van der Waals surface area contributed by atoms with Crippen molar-refractivity contribution in [2.75, 3.05) is 13.6 Å². The zero-order chi connectivity index (χ0) is 15.3. The zero-order valence-corrected chi connectivity index (χ0v) is 12.8. The Morgan fingerprint density at radius 2 is 2.10 bits per heavy atom. The molecule has 1 amide bonds. The van der Waals surface area contributed by atoms with Crippen LogP contribution >= 0.6 is 12.2 Å². The molecule has 1 rings (SSSR count). The molecule has 0 heterocycles. The summed E-state index contributed by atoms with van der Waals surface area (Å²) in [6.45, 7) is 4.49. The van der Waals surface area contributed by atoms with E-state index in [9.17, 15) is 9.18 Å². The summed E-state index contributed by atoms with van der Waals surface area (Å²) >= 11 is 4.85. The summed E-state index contributed by atoms with van der Waals surface area (Å²) in [5.41, 5.74) is 6.73. The molecule has 0 atom stereocenters. The SMILES string of the molecule is CC(C)NC(=O)CN(C)Cc1cc(F)cc(C(N)=S)c1. The molecule has 0 aliphatic carbocycles. The third-order valence-electron chi connectivity index (χ3n) is 2.56. The van der Waals surface area contributed by atoms with Gasteiger partial charge in [-0.3, -0.25) is 9.69 Å². The molecule has 1 aromatic rings. The highest BCUT2D eigenvalue weighted by atomic mass is 32.1. The van der Waals surface area contributed by atoms with Gasteiger partial charge in [0.1, 0.15) is 10.8 Å². The van der Waals surface area contributed by atoms with Gasteiger partial charge < -0.3 is 11.1 Å². The summed E-state index contributed by atoms with van der Waals surface area (Å²) in [5.74, 6) is -0.446. The van der Waals surface area contributed by atoms with Gasteiger partial charge in [-0.1, -0.05) is 12.2 Å². The molecule has 0 aliphatic rings. The average molecular weight is 297 g/mol. The smallest absolute Gasteiger partial charge is 0.234 e. The van der Waals surface area contributed by atoms with Crippen molar-refractivity contribution >= 4 is 23.1 Å². The molecule has 0 spiro atoms. The lowest BCUT2D eigenvalue weighted by molar-refractivity contribution is -0.122. The number of hydrogen-bond acceptors (Lipinski definition) is 3. The molecule has 0 radical (unpaired) electrons. The Labute approximate surface area is 124 Å². The fraction of sp³-hybridized carbons (Fsp3) is 0.429. The van der Waals surface area contributed by atoms with Crippen LogP contribution in [0.5, 0.6) is 0 Å². The molecule has 6 heteroatoms. The summed E-state index contributed by atoms with van der Waals surface area (Å²) in [6.07, 6.45) is 0. The predicted molar refractivity (Wildman–Crippen MR) is 81.9 cm³/mol. The van der Waals surface area contributed by atoms with E-state index in [0.29, 0.717) is 12.1 Å². The minimum absolute atomic E-state index is 0.0616. The van der Waals surface area contributed by atoms with E-state index in [1.54, 1.807) is 18.0 Å². The Balaban J connectivity index is 2.68. The Bertz CT molecular complexity index is 505. The fourth-order valence-electron chi connectivity index (χ4n) is 1.86. The maximum absolute atomic E-state index is 13.5. The van der Waals surface area contributed by atoms with E-state index in [-0.39, 0.29) is 29.3 Å². The van der Waals surface area contributed by atoms with Crippen molar-refractivity contribution in [3.63, 3.8) is 0 Å². The van der Waals surface area contributed by atoms with Crippen LogP contribution in [0.2, 0.25) is 0 Å². The van der Waals surface area contributed by atoms with Gasteiger partial charge in [0.15, 0.2) is 0 Å². The van der Waals surface area contributed by atoms with Crippen molar-refractivity contribution in [1.29, 1.82) is 0 Å². The quantitative estimate of drug-likeness (QED) is 0.780. The third-order valence-corrected chi connectivity index (χ3v) is 2.79. The second-order valence-electron chi connectivity index (χ2n) is 5.11. The third kappa shape index (κ3) is 5.63. The number of carbonyl (C=O) groups is 1. The first-order valence-corrected chi connectivity index (χ1v) is 6.76. The maximum Gasteiger partial charge on any atom is 0.234 e. The lowest BCUT2D eigenvalue weighted by Gasteiger charge is -2.18. The maximum atomic E-state index is 13.5. The second kappa shape index (κ2) is 7.31. The van der Waals surface area contributed by atoms with Gasteiger partial charge >= 0.3 is 0 Å². The van der Waals surface area contributed by atoms with Crippen molar-refractivity contribution in [3.8, 4) is 0 Å². The minimum Gasteiger partial charge on any atom is -0.389 e. The fourth-order valence-corrected chi connectivity index (χ4v) is 1.98. The van der Waals surface area contributed by atoms with E-state index in [0.717, 1.165) is 5.56 Å². The van der Waals surface area contributed by atoms with Crippen LogP contribution < -0.4 is 11.1 Å². The van der Waals surface area contributed by atoms with Crippen molar-refractivity contribution in [1.82, 2.24) is 10.2 Å². The molecular weight excluding hydrogens is 277 g/mol. The highest BCUT2D eigenvalue weighted by molar-refractivity contribution is 7.80. The summed E-state index contributed by atoms with van der Waals surface area (Å²) in [5, 5.41) is 2.80. The van der Waals surface area contributed by atoms with E-state index in [2.05, 4.69) is 5.32 Å². The number of nitrogens with one attached hydrogen (secondary N) is 1. The van der Waals surface area contributed by atoms with E-state index < -0.39 is 0 Å². The monoisotopic (exact) mass is 297 g/mol. The second-order valence-corrected chi connectivity index (χ2v) is 5.55. The number of halogens is 1. The minimum atomic E-state index is -0.384. The summed E-state index contributed by atoms with van der Waals surface area (Å²) in [4.78, 5) is 13.6. The highest BCUT2D eigenvalue weighted by Gasteiger charge is 2.10. The van der Waals surface area contributed by atoms with Crippen LogP contribution in [0, 0.1) is 5.82 Å². The Morgan fingerprint density at radius 1 is 1.45 bits per heavy atom. The molecule has 110 valence electrons. The topological polar surface area (TPSA) is 58.4 Å². The molecule has 0 aromatic heterocycles.